The fourth-order valence-corrected chi connectivity index (χ4v) is 2.39. The van der Waals surface area contributed by atoms with Crippen molar-refractivity contribution in [1.29, 1.82) is 0 Å². The molecule has 1 atom stereocenters. The highest BCUT2D eigenvalue weighted by Crippen LogP contribution is 2.16. The van der Waals surface area contributed by atoms with Crippen LogP contribution in [0.2, 0.25) is 0 Å². The number of hydrogen-bond acceptors (Lipinski definition) is 3. The summed E-state index contributed by atoms with van der Waals surface area (Å²) in [6, 6.07) is 9.38. The molecular weight excluding hydrogens is 224 g/mol. The number of hydrogen-bond donors (Lipinski definition) is 1. The minimum Gasteiger partial charge on any atom is -0.379 e. The maximum absolute atomic E-state index is 5.39. The number of aryl methyl sites for hydroxylation is 1. The van der Waals surface area contributed by atoms with Crippen LogP contribution in [0.5, 0.6) is 0 Å². The average Bonchev–Trinajstić information content (AvgIpc) is 2.46. The summed E-state index contributed by atoms with van der Waals surface area (Å²) in [5.74, 6) is 0. The van der Waals surface area contributed by atoms with Gasteiger partial charge in [0.2, 0.25) is 0 Å². The van der Waals surface area contributed by atoms with Gasteiger partial charge in [0.1, 0.15) is 0 Å². The highest BCUT2D eigenvalue weighted by Gasteiger charge is 2.16. The van der Waals surface area contributed by atoms with Crippen LogP contribution in [0.4, 0.5) is 0 Å². The zero-order chi connectivity index (χ0) is 12.8. The van der Waals surface area contributed by atoms with Crippen molar-refractivity contribution in [2.75, 3.05) is 39.9 Å². The molecule has 1 heterocycles. The van der Waals surface area contributed by atoms with Gasteiger partial charge in [-0.25, -0.2) is 0 Å². The summed E-state index contributed by atoms with van der Waals surface area (Å²) in [6.45, 7) is 7.08. The van der Waals surface area contributed by atoms with Crippen LogP contribution in [0.25, 0.3) is 0 Å². The zero-order valence-electron chi connectivity index (χ0n) is 11.5. The van der Waals surface area contributed by atoms with Gasteiger partial charge in [0.15, 0.2) is 0 Å². The number of nitrogens with zero attached hydrogens (tertiary/aromatic N) is 1. The molecule has 0 bridgehead atoms. The van der Waals surface area contributed by atoms with Crippen molar-refractivity contribution in [2.45, 2.75) is 19.4 Å². The van der Waals surface area contributed by atoms with E-state index in [0.717, 1.165) is 39.3 Å². The molecule has 0 saturated carbocycles. The second-order valence-electron chi connectivity index (χ2n) is 4.85. The van der Waals surface area contributed by atoms with E-state index >= 15 is 0 Å². The minimum absolute atomic E-state index is 0.411. The lowest BCUT2D eigenvalue weighted by molar-refractivity contribution is 0.0338. The second kappa shape index (κ2) is 6.88. The van der Waals surface area contributed by atoms with Gasteiger partial charge in [-0.3, -0.25) is 4.90 Å². The Balaban J connectivity index is 1.97. The monoisotopic (exact) mass is 248 g/mol. The molecule has 1 aromatic rings. The Morgan fingerprint density at radius 3 is 2.44 bits per heavy atom. The van der Waals surface area contributed by atoms with Crippen LogP contribution in [0.15, 0.2) is 24.3 Å². The summed E-state index contributed by atoms with van der Waals surface area (Å²) in [6.07, 6.45) is 1.11. The average molecular weight is 248 g/mol. The lowest BCUT2D eigenvalue weighted by atomic mass is 10.0. The predicted molar refractivity (Wildman–Crippen MR) is 74.9 cm³/mol. The SMILES string of the molecule is CCc1ccc(C(CN2CCOCC2)NC)cc1. The van der Waals surface area contributed by atoms with E-state index in [4.69, 9.17) is 4.74 Å². The molecule has 0 spiro atoms. The smallest absolute Gasteiger partial charge is 0.0594 e. The Labute approximate surface area is 110 Å². The van der Waals surface area contributed by atoms with Crippen LogP contribution >= 0.6 is 0 Å². The molecule has 3 heteroatoms. The summed E-state index contributed by atoms with van der Waals surface area (Å²) in [7, 11) is 2.04. The van der Waals surface area contributed by atoms with Crippen molar-refractivity contribution in [2.24, 2.45) is 0 Å². The van der Waals surface area contributed by atoms with Crippen molar-refractivity contribution in [3.63, 3.8) is 0 Å². The first-order valence-corrected chi connectivity index (χ1v) is 6.89. The molecule has 1 aliphatic rings. The molecule has 1 aromatic carbocycles. The van der Waals surface area contributed by atoms with Gasteiger partial charge in [0, 0.05) is 25.7 Å². The maximum Gasteiger partial charge on any atom is 0.0594 e. The molecule has 0 radical (unpaired) electrons. The molecule has 1 N–H and O–H groups in total. The third-order valence-corrected chi connectivity index (χ3v) is 3.68. The van der Waals surface area contributed by atoms with E-state index in [1.165, 1.54) is 11.1 Å². The molecule has 18 heavy (non-hydrogen) atoms. The van der Waals surface area contributed by atoms with Crippen LogP contribution < -0.4 is 5.32 Å². The molecule has 3 nitrogen and oxygen atoms in total. The Hall–Kier alpha value is -0.900. The summed E-state index contributed by atoms with van der Waals surface area (Å²) in [5.41, 5.74) is 2.78. The van der Waals surface area contributed by atoms with Crippen molar-refractivity contribution >= 4 is 0 Å². The molecule has 1 fully saturated rings. The van der Waals surface area contributed by atoms with Gasteiger partial charge in [-0.15, -0.1) is 0 Å². The minimum atomic E-state index is 0.411. The Kier molecular flexibility index (Phi) is 5.17. The third-order valence-electron chi connectivity index (χ3n) is 3.68. The van der Waals surface area contributed by atoms with Gasteiger partial charge in [0.05, 0.1) is 13.2 Å². The summed E-state index contributed by atoms with van der Waals surface area (Å²) < 4.78 is 5.39. The van der Waals surface area contributed by atoms with E-state index in [9.17, 15) is 0 Å². The number of benzene rings is 1. The van der Waals surface area contributed by atoms with E-state index in [-0.39, 0.29) is 0 Å². The number of likely N-dealkylation sites (N-methyl/N-ethyl adjacent to an activating group) is 1. The van der Waals surface area contributed by atoms with Gasteiger partial charge in [-0.1, -0.05) is 31.2 Å². The van der Waals surface area contributed by atoms with Crippen LogP contribution in [-0.2, 0) is 11.2 Å². The Bertz CT molecular complexity index is 344. The van der Waals surface area contributed by atoms with Crippen LogP contribution in [0.3, 0.4) is 0 Å². The van der Waals surface area contributed by atoms with E-state index < -0.39 is 0 Å². The molecule has 1 unspecified atom stereocenters. The van der Waals surface area contributed by atoms with Crippen molar-refractivity contribution in [3.8, 4) is 0 Å². The second-order valence-corrected chi connectivity index (χ2v) is 4.85. The highest BCUT2D eigenvalue weighted by atomic mass is 16.5. The quantitative estimate of drug-likeness (QED) is 0.860. The first-order chi connectivity index (χ1) is 8.83. The fraction of sp³-hybridized carbons (Fsp3) is 0.600. The van der Waals surface area contributed by atoms with Crippen molar-refractivity contribution < 1.29 is 4.74 Å². The van der Waals surface area contributed by atoms with Crippen LogP contribution in [0.1, 0.15) is 24.1 Å². The number of nitrogens with one attached hydrogen (secondary N) is 1. The number of ether oxygens (including phenoxy) is 1. The van der Waals surface area contributed by atoms with Gasteiger partial charge < -0.3 is 10.1 Å². The lowest BCUT2D eigenvalue weighted by Gasteiger charge is -2.30. The van der Waals surface area contributed by atoms with E-state index in [0.29, 0.717) is 6.04 Å². The summed E-state index contributed by atoms with van der Waals surface area (Å²) in [5, 5.41) is 3.42. The molecule has 0 aromatic heterocycles. The Morgan fingerprint density at radius 2 is 1.89 bits per heavy atom. The molecule has 2 rings (SSSR count). The number of morpholine rings is 1. The summed E-state index contributed by atoms with van der Waals surface area (Å²) in [4.78, 5) is 2.47. The zero-order valence-corrected chi connectivity index (χ0v) is 11.5. The maximum atomic E-state index is 5.39. The van der Waals surface area contributed by atoms with E-state index in [1.54, 1.807) is 0 Å². The molecule has 100 valence electrons. The van der Waals surface area contributed by atoms with Gasteiger partial charge in [-0.05, 0) is 24.6 Å². The van der Waals surface area contributed by atoms with Gasteiger partial charge >= 0.3 is 0 Å². The van der Waals surface area contributed by atoms with Crippen molar-refractivity contribution in [1.82, 2.24) is 10.2 Å². The van der Waals surface area contributed by atoms with Crippen LogP contribution in [-0.4, -0.2) is 44.8 Å². The standard InChI is InChI=1S/C15H24N2O/c1-3-13-4-6-14(7-5-13)15(16-2)12-17-8-10-18-11-9-17/h4-7,15-16H,3,8-12H2,1-2H3. The third kappa shape index (κ3) is 3.55. The predicted octanol–water partition coefficient (Wildman–Crippen LogP) is 1.84. The largest absolute Gasteiger partial charge is 0.379 e. The molecule has 1 saturated heterocycles. The number of rotatable bonds is 5. The summed E-state index contributed by atoms with van der Waals surface area (Å²) >= 11 is 0. The lowest BCUT2D eigenvalue weighted by Crippen LogP contribution is -2.41. The highest BCUT2D eigenvalue weighted by molar-refractivity contribution is 5.25. The van der Waals surface area contributed by atoms with E-state index in [2.05, 4.69) is 41.4 Å². The Morgan fingerprint density at radius 1 is 1.22 bits per heavy atom. The van der Waals surface area contributed by atoms with Crippen molar-refractivity contribution in [3.05, 3.63) is 35.4 Å². The molecular formula is C15H24N2O. The fourth-order valence-electron chi connectivity index (χ4n) is 2.39. The normalized spacial score (nSPS) is 18.8. The molecule has 1 aliphatic heterocycles. The first kappa shape index (κ1) is 13.5. The van der Waals surface area contributed by atoms with Crippen LogP contribution in [0, 0.1) is 0 Å². The van der Waals surface area contributed by atoms with Gasteiger partial charge in [-0.2, -0.15) is 0 Å². The molecule has 0 amide bonds. The first-order valence-electron chi connectivity index (χ1n) is 6.89. The molecule has 0 aliphatic carbocycles. The van der Waals surface area contributed by atoms with Gasteiger partial charge in [0.25, 0.3) is 0 Å². The topological polar surface area (TPSA) is 24.5 Å². The van der Waals surface area contributed by atoms with E-state index in [1.807, 2.05) is 7.05 Å².